The standard InChI is InChI=1S/C17H20N2O3S/c1-13-11-16(8-9-17(13)22-2)23(20,21)19(15-6-7-15)12-14-5-3-4-10-18-14/h3-5,8-11,15H,6-7,12H2,1-2H3. The third-order valence-electron chi connectivity index (χ3n) is 3.97. The van der Waals surface area contributed by atoms with E-state index in [1.165, 1.54) is 0 Å². The van der Waals surface area contributed by atoms with Gasteiger partial charge in [0.05, 0.1) is 24.2 Å². The van der Waals surface area contributed by atoms with Crippen LogP contribution < -0.4 is 4.74 Å². The van der Waals surface area contributed by atoms with Gasteiger partial charge >= 0.3 is 0 Å². The number of methoxy groups -OCH3 is 1. The van der Waals surface area contributed by atoms with Gasteiger partial charge in [0.25, 0.3) is 0 Å². The highest BCUT2D eigenvalue weighted by molar-refractivity contribution is 7.89. The summed E-state index contributed by atoms with van der Waals surface area (Å²) in [5, 5.41) is 0. The highest BCUT2D eigenvalue weighted by Crippen LogP contribution is 2.34. The van der Waals surface area contributed by atoms with Gasteiger partial charge in [-0.3, -0.25) is 4.98 Å². The van der Waals surface area contributed by atoms with Crippen LogP contribution in [0.25, 0.3) is 0 Å². The van der Waals surface area contributed by atoms with Crippen LogP contribution >= 0.6 is 0 Å². The molecular weight excluding hydrogens is 312 g/mol. The van der Waals surface area contributed by atoms with E-state index in [1.807, 2.05) is 25.1 Å². The molecular formula is C17H20N2O3S. The number of rotatable bonds is 6. The Morgan fingerprint density at radius 1 is 1.26 bits per heavy atom. The summed E-state index contributed by atoms with van der Waals surface area (Å²) < 4.78 is 32.8. The summed E-state index contributed by atoms with van der Waals surface area (Å²) in [6.07, 6.45) is 3.49. The van der Waals surface area contributed by atoms with Gasteiger partial charge in [-0.1, -0.05) is 6.07 Å². The van der Waals surface area contributed by atoms with Gasteiger partial charge in [-0.25, -0.2) is 8.42 Å². The van der Waals surface area contributed by atoms with Crippen LogP contribution in [0.15, 0.2) is 47.5 Å². The first-order chi connectivity index (χ1) is 11.0. The quantitative estimate of drug-likeness (QED) is 0.816. The van der Waals surface area contributed by atoms with Crippen LogP contribution in [0.5, 0.6) is 5.75 Å². The lowest BCUT2D eigenvalue weighted by Gasteiger charge is -2.22. The summed E-state index contributed by atoms with van der Waals surface area (Å²) >= 11 is 0. The maximum absolute atomic E-state index is 13.0. The van der Waals surface area contributed by atoms with E-state index in [-0.39, 0.29) is 6.04 Å². The first kappa shape index (κ1) is 16.0. The minimum atomic E-state index is -3.55. The van der Waals surface area contributed by atoms with Crippen LogP contribution in [0.1, 0.15) is 24.1 Å². The third kappa shape index (κ3) is 3.38. The molecule has 3 rings (SSSR count). The Bertz CT molecular complexity index is 787. The van der Waals surface area contributed by atoms with E-state index in [4.69, 9.17) is 4.74 Å². The predicted molar refractivity (Wildman–Crippen MR) is 87.7 cm³/mol. The predicted octanol–water partition coefficient (Wildman–Crippen LogP) is 2.75. The Morgan fingerprint density at radius 3 is 2.61 bits per heavy atom. The lowest BCUT2D eigenvalue weighted by molar-refractivity contribution is 0.393. The molecule has 23 heavy (non-hydrogen) atoms. The fourth-order valence-electron chi connectivity index (χ4n) is 2.57. The van der Waals surface area contributed by atoms with Crippen molar-refractivity contribution in [1.82, 2.24) is 9.29 Å². The van der Waals surface area contributed by atoms with Crippen molar-refractivity contribution in [2.24, 2.45) is 0 Å². The van der Waals surface area contributed by atoms with E-state index >= 15 is 0 Å². The second-order valence-corrected chi connectivity index (χ2v) is 7.62. The van der Waals surface area contributed by atoms with Crippen molar-refractivity contribution < 1.29 is 13.2 Å². The minimum Gasteiger partial charge on any atom is -0.496 e. The number of nitrogens with zero attached hydrogens (tertiary/aromatic N) is 2. The van der Waals surface area contributed by atoms with Gasteiger partial charge in [0.15, 0.2) is 0 Å². The van der Waals surface area contributed by atoms with Crippen molar-refractivity contribution in [3.8, 4) is 5.75 Å². The van der Waals surface area contributed by atoms with Gasteiger partial charge in [-0.05, 0) is 55.7 Å². The van der Waals surface area contributed by atoms with E-state index in [0.717, 1.165) is 24.1 Å². The molecule has 0 N–H and O–H groups in total. The molecule has 1 aromatic carbocycles. The summed E-state index contributed by atoms with van der Waals surface area (Å²) in [5.41, 5.74) is 1.57. The number of hydrogen-bond donors (Lipinski definition) is 0. The van der Waals surface area contributed by atoms with Crippen LogP contribution in [-0.4, -0.2) is 30.9 Å². The molecule has 0 bridgehead atoms. The topological polar surface area (TPSA) is 59.5 Å². The van der Waals surface area contributed by atoms with Gasteiger partial charge in [0, 0.05) is 12.2 Å². The normalized spacial score (nSPS) is 14.9. The molecule has 1 fully saturated rings. The van der Waals surface area contributed by atoms with Crippen molar-refractivity contribution in [3.05, 3.63) is 53.9 Å². The summed E-state index contributed by atoms with van der Waals surface area (Å²) in [4.78, 5) is 4.56. The Morgan fingerprint density at radius 2 is 2.04 bits per heavy atom. The highest BCUT2D eigenvalue weighted by Gasteiger charge is 2.38. The molecule has 122 valence electrons. The maximum Gasteiger partial charge on any atom is 0.243 e. The van der Waals surface area contributed by atoms with Crippen LogP contribution in [0.3, 0.4) is 0 Å². The van der Waals surface area contributed by atoms with Crippen molar-refractivity contribution in [3.63, 3.8) is 0 Å². The van der Waals surface area contributed by atoms with Gasteiger partial charge < -0.3 is 4.74 Å². The zero-order chi connectivity index (χ0) is 16.4. The first-order valence-corrected chi connectivity index (χ1v) is 9.03. The molecule has 0 spiro atoms. The van der Waals surface area contributed by atoms with Crippen LogP contribution in [0, 0.1) is 6.92 Å². The van der Waals surface area contributed by atoms with E-state index in [2.05, 4.69) is 4.98 Å². The van der Waals surface area contributed by atoms with Crippen molar-refractivity contribution in [2.45, 2.75) is 37.2 Å². The van der Waals surface area contributed by atoms with Crippen LogP contribution in [-0.2, 0) is 16.6 Å². The molecule has 2 aromatic rings. The van der Waals surface area contributed by atoms with Gasteiger partial charge in [-0.2, -0.15) is 4.31 Å². The molecule has 1 aromatic heterocycles. The lowest BCUT2D eigenvalue weighted by Crippen LogP contribution is -2.33. The number of ether oxygens (including phenoxy) is 1. The summed E-state index contributed by atoms with van der Waals surface area (Å²) in [5.74, 6) is 0.687. The fraction of sp³-hybridized carbons (Fsp3) is 0.353. The summed E-state index contributed by atoms with van der Waals surface area (Å²) in [6.45, 7) is 2.15. The van der Waals surface area contributed by atoms with E-state index in [9.17, 15) is 8.42 Å². The molecule has 1 heterocycles. The van der Waals surface area contributed by atoms with E-state index < -0.39 is 10.0 Å². The number of aryl methyl sites for hydroxylation is 1. The van der Waals surface area contributed by atoms with Gasteiger partial charge in [0.1, 0.15) is 5.75 Å². The monoisotopic (exact) mass is 332 g/mol. The number of hydrogen-bond acceptors (Lipinski definition) is 4. The number of aromatic nitrogens is 1. The molecule has 1 aliphatic rings. The van der Waals surface area contributed by atoms with Crippen molar-refractivity contribution in [1.29, 1.82) is 0 Å². The molecule has 0 unspecified atom stereocenters. The van der Waals surface area contributed by atoms with Gasteiger partial charge in [0.2, 0.25) is 10.0 Å². The number of benzene rings is 1. The molecule has 0 aliphatic heterocycles. The summed E-state index contributed by atoms with van der Waals surface area (Å²) in [6, 6.07) is 10.6. The molecule has 1 aliphatic carbocycles. The Labute approximate surface area is 137 Å². The largest absolute Gasteiger partial charge is 0.496 e. The molecule has 1 saturated carbocycles. The second kappa shape index (κ2) is 6.29. The average Bonchev–Trinajstić information content (AvgIpc) is 3.38. The molecule has 0 saturated heterocycles. The molecule has 0 amide bonds. The van der Waals surface area contributed by atoms with Gasteiger partial charge in [-0.15, -0.1) is 0 Å². The lowest BCUT2D eigenvalue weighted by atomic mass is 10.2. The smallest absolute Gasteiger partial charge is 0.243 e. The number of sulfonamides is 1. The molecule has 0 atom stereocenters. The average molecular weight is 332 g/mol. The Hall–Kier alpha value is -1.92. The second-order valence-electron chi connectivity index (χ2n) is 5.73. The minimum absolute atomic E-state index is 0.0735. The number of pyridine rings is 1. The van der Waals surface area contributed by atoms with E-state index in [0.29, 0.717) is 17.2 Å². The SMILES string of the molecule is COc1ccc(S(=O)(=O)N(Cc2ccccn2)C2CC2)cc1C. The van der Waals surface area contributed by atoms with Crippen molar-refractivity contribution in [2.75, 3.05) is 7.11 Å². The molecule has 5 nitrogen and oxygen atoms in total. The third-order valence-corrected chi connectivity index (χ3v) is 5.87. The maximum atomic E-state index is 13.0. The van der Waals surface area contributed by atoms with Crippen molar-refractivity contribution >= 4 is 10.0 Å². The zero-order valence-electron chi connectivity index (χ0n) is 13.3. The van der Waals surface area contributed by atoms with Crippen LogP contribution in [0.2, 0.25) is 0 Å². The molecule has 0 radical (unpaired) electrons. The highest BCUT2D eigenvalue weighted by atomic mass is 32.2. The first-order valence-electron chi connectivity index (χ1n) is 7.59. The Balaban J connectivity index is 1.93. The zero-order valence-corrected chi connectivity index (χ0v) is 14.1. The molecule has 6 heteroatoms. The van der Waals surface area contributed by atoms with E-state index in [1.54, 1.807) is 35.8 Å². The van der Waals surface area contributed by atoms with Crippen LogP contribution in [0.4, 0.5) is 0 Å². The fourth-order valence-corrected chi connectivity index (χ4v) is 4.31. The summed E-state index contributed by atoms with van der Waals surface area (Å²) in [7, 11) is -1.97. The Kier molecular flexibility index (Phi) is 4.37.